The van der Waals surface area contributed by atoms with Gasteiger partial charge in [0, 0.05) is 0 Å². The summed E-state index contributed by atoms with van der Waals surface area (Å²) in [7, 11) is 0. The van der Waals surface area contributed by atoms with Gasteiger partial charge in [-0.2, -0.15) is 0 Å². The van der Waals surface area contributed by atoms with Crippen LogP contribution >= 0.6 is 0 Å². The van der Waals surface area contributed by atoms with Crippen LogP contribution in [0.3, 0.4) is 0 Å². The van der Waals surface area contributed by atoms with Gasteiger partial charge in [-0.1, -0.05) is 0 Å². The minimum atomic E-state index is 1.38. The first kappa shape index (κ1) is 8.87. The molecule has 0 rings (SSSR count). The predicted octanol–water partition coefficient (Wildman–Crippen LogP) is 2.54. The van der Waals surface area contributed by atoms with Crippen molar-refractivity contribution in [3.05, 3.63) is 0 Å². The van der Waals surface area contributed by atoms with E-state index in [0.717, 1.165) is 0 Å². The molecular formula is C7H15In. The summed E-state index contributed by atoms with van der Waals surface area (Å²) in [6, 6.07) is 0. The Balaban J connectivity index is 2.53. The van der Waals surface area contributed by atoms with Crippen LogP contribution in [0, 0.1) is 0 Å². The van der Waals surface area contributed by atoms with E-state index in [1.807, 2.05) is 0 Å². The van der Waals surface area contributed by atoms with Crippen LogP contribution in [0.5, 0.6) is 0 Å². The van der Waals surface area contributed by atoms with Crippen LogP contribution in [-0.2, 0) is 0 Å². The second-order valence-electron chi connectivity index (χ2n) is 2.20. The molecule has 0 aliphatic heterocycles. The monoisotopic (exact) mass is 214 g/mol. The van der Waals surface area contributed by atoms with Crippen molar-refractivity contribution >= 4 is 24.4 Å². The number of rotatable bonds is 5. The number of hydrogen-bond donors (Lipinski definition) is 0. The Kier molecular flexibility index (Phi) is 8.73. The molecule has 0 aliphatic carbocycles. The van der Waals surface area contributed by atoms with Crippen LogP contribution in [0.1, 0.15) is 39.0 Å². The van der Waals surface area contributed by atoms with Crippen molar-refractivity contribution in [3.63, 3.8) is 0 Å². The molecule has 0 bridgehead atoms. The third-order valence-electron chi connectivity index (χ3n) is 1.31. The van der Waals surface area contributed by atoms with E-state index in [0.29, 0.717) is 0 Å². The summed E-state index contributed by atoms with van der Waals surface area (Å²) >= 11 is 1.46. The van der Waals surface area contributed by atoms with Gasteiger partial charge in [0.2, 0.25) is 0 Å². The molecule has 0 saturated heterocycles. The molecule has 0 aliphatic rings. The first-order valence-corrected chi connectivity index (χ1v) is 5.95. The van der Waals surface area contributed by atoms with Gasteiger partial charge >= 0.3 is 67.6 Å². The SMILES string of the molecule is CCCCCC[CH2][In]. The Morgan fingerprint density at radius 2 is 1.62 bits per heavy atom. The molecule has 1 heteroatoms. The summed E-state index contributed by atoms with van der Waals surface area (Å²) in [5.74, 6) is 0. The van der Waals surface area contributed by atoms with Gasteiger partial charge in [0.25, 0.3) is 0 Å². The van der Waals surface area contributed by atoms with E-state index in [2.05, 4.69) is 6.92 Å². The fourth-order valence-electron chi connectivity index (χ4n) is 0.748. The van der Waals surface area contributed by atoms with Crippen molar-refractivity contribution in [1.29, 1.82) is 0 Å². The van der Waals surface area contributed by atoms with Gasteiger partial charge in [-0.3, -0.25) is 0 Å². The van der Waals surface area contributed by atoms with Crippen LogP contribution in [0.2, 0.25) is 4.18 Å². The minimum absolute atomic E-state index is 1.38. The number of unbranched alkanes of at least 4 members (excludes halogenated alkanes) is 4. The van der Waals surface area contributed by atoms with Crippen molar-refractivity contribution in [2.75, 3.05) is 0 Å². The van der Waals surface area contributed by atoms with Crippen molar-refractivity contribution in [2.24, 2.45) is 0 Å². The fourth-order valence-corrected chi connectivity index (χ4v) is 1.57. The topological polar surface area (TPSA) is 0 Å². The van der Waals surface area contributed by atoms with Gasteiger partial charge in [-0.05, 0) is 0 Å². The molecule has 0 aromatic rings. The average Bonchev–Trinajstić information content (AvgIpc) is 1.81. The van der Waals surface area contributed by atoms with Gasteiger partial charge in [0.15, 0.2) is 0 Å². The van der Waals surface area contributed by atoms with Crippen LogP contribution < -0.4 is 0 Å². The molecule has 0 spiro atoms. The summed E-state index contributed by atoms with van der Waals surface area (Å²) in [5.41, 5.74) is 0. The van der Waals surface area contributed by atoms with Gasteiger partial charge in [0.05, 0.1) is 0 Å². The molecular weight excluding hydrogens is 199 g/mol. The van der Waals surface area contributed by atoms with E-state index in [4.69, 9.17) is 0 Å². The summed E-state index contributed by atoms with van der Waals surface area (Å²) in [6.45, 7) is 2.26. The van der Waals surface area contributed by atoms with Crippen molar-refractivity contribution in [2.45, 2.75) is 43.2 Å². The molecule has 0 atom stereocenters. The Bertz CT molecular complexity index is 29.4. The molecule has 0 fully saturated rings. The van der Waals surface area contributed by atoms with E-state index in [-0.39, 0.29) is 0 Å². The molecule has 0 amide bonds. The summed E-state index contributed by atoms with van der Waals surface area (Å²) in [5, 5.41) is 0. The third-order valence-corrected chi connectivity index (χ3v) is 2.47. The fraction of sp³-hybridized carbons (Fsp3) is 1.00. The normalized spacial score (nSPS) is 9.62. The molecule has 46 valence electrons. The molecule has 8 heavy (non-hydrogen) atoms. The zero-order valence-electron chi connectivity index (χ0n) is 5.82. The predicted molar refractivity (Wildman–Crippen MR) is 39.3 cm³/mol. The molecule has 2 radical (unpaired) electrons. The van der Waals surface area contributed by atoms with Gasteiger partial charge < -0.3 is 0 Å². The second-order valence-corrected chi connectivity index (χ2v) is 3.85. The summed E-state index contributed by atoms with van der Waals surface area (Å²) in [4.78, 5) is 0. The van der Waals surface area contributed by atoms with E-state index in [1.54, 1.807) is 0 Å². The molecule has 0 N–H and O–H groups in total. The quantitative estimate of drug-likeness (QED) is 0.617. The molecule has 0 aromatic heterocycles. The van der Waals surface area contributed by atoms with Crippen molar-refractivity contribution in [3.8, 4) is 0 Å². The first-order chi connectivity index (χ1) is 3.91. The van der Waals surface area contributed by atoms with Crippen molar-refractivity contribution in [1.82, 2.24) is 0 Å². The zero-order valence-corrected chi connectivity index (χ0v) is 9.12. The molecule has 0 unspecified atom stereocenters. The third kappa shape index (κ3) is 6.87. The Hall–Kier alpha value is 0.870. The summed E-state index contributed by atoms with van der Waals surface area (Å²) < 4.78 is 1.49. The second kappa shape index (κ2) is 7.87. The van der Waals surface area contributed by atoms with Gasteiger partial charge in [-0.25, -0.2) is 0 Å². The van der Waals surface area contributed by atoms with E-state index in [9.17, 15) is 0 Å². The maximum absolute atomic E-state index is 2.26. The summed E-state index contributed by atoms with van der Waals surface area (Å²) in [6.07, 6.45) is 7.26. The Morgan fingerprint density at radius 1 is 1.00 bits per heavy atom. The van der Waals surface area contributed by atoms with Crippen LogP contribution in [-0.4, -0.2) is 24.4 Å². The Morgan fingerprint density at radius 3 is 2.12 bits per heavy atom. The Labute approximate surface area is 67.6 Å². The van der Waals surface area contributed by atoms with E-state index in [1.165, 1.54) is 60.7 Å². The van der Waals surface area contributed by atoms with Gasteiger partial charge in [0.1, 0.15) is 0 Å². The molecule has 0 heterocycles. The average molecular weight is 214 g/mol. The standard InChI is InChI=1S/C7H15.In/c1-3-5-7-6-4-2;/h1,3-7H2,2H3;. The maximum atomic E-state index is 2.26. The van der Waals surface area contributed by atoms with Crippen LogP contribution in [0.15, 0.2) is 0 Å². The first-order valence-electron chi connectivity index (χ1n) is 3.62. The molecule has 0 saturated carbocycles. The van der Waals surface area contributed by atoms with E-state index < -0.39 is 0 Å². The molecule has 0 aromatic carbocycles. The zero-order chi connectivity index (χ0) is 6.24. The van der Waals surface area contributed by atoms with Crippen molar-refractivity contribution < 1.29 is 0 Å². The van der Waals surface area contributed by atoms with Crippen LogP contribution in [0.4, 0.5) is 0 Å². The van der Waals surface area contributed by atoms with E-state index >= 15 is 0 Å². The van der Waals surface area contributed by atoms with Crippen LogP contribution in [0.25, 0.3) is 0 Å². The van der Waals surface area contributed by atoms with Gasteiger partial charge in [-0.15, -0.1) is 0 Å². The number of hydrogen-bond acceptors (Lipinski definition) is 0. The molecule has 0 nitrogen and oxygen atoms in total.